The van der Waals surface area contributed by atoms with Gasteiger partial charge in [0.2, 0.25) is 5.91 Å². The molecule has 32 heavy (non-hydrogen) atoms. The minimum absolute atomic E-state index is 0.0174. The number of thioether (sulfide) groups is 1. The number of amides is 1. The molecular weight excluding hydrogens is 447 g/mol. The summed E-state index contributed by atoms with van der Waals surface area (Å²) < 4.78 is 13.3. The van der Waals surface area contributed by atoms with Crippen LogP contribution in [0.5, 0.6) is 0 Å². The fraction of sp³-hybridized carbons (Fsp3) is 0.292. The fourth-order valence-corrected chi connectivity index (χ4v) is 4.62. The number of nitrogens with one attached hydrogen (secondary N) is 1. The molecule has 8 heteroatoms. The molecule has 1 aromatic heterocycles. The normalized spacial score (nSPS) is 14.4. The third kappa shape index (κ3) is 5.99. The molecule has 0 radical (unpaired) electrons. The zero-order valence-corrected chi connectivity index (χ0v) is 19.1. The SMILES string of the molecule is O=C(NCc1ccc(F)c(Cl)c1)C1CCN(c2ccc(SCc3ccccc3)nn2)CC1. The van der Waals surface area contributed by atoms with Gasteiger partial charge in [0.25, 0.3) is 0 Å². The summed E-state index contributed by atoms with van der Waals surface area (Å²) in [7, 11) is 0. The second kappa shape index (κ2) is 10.8. The molecule has 1 aliphatic heterocycles. The summed E-state index contributed by atoms with van der Waals surface area (Å²) in [6.45, 7) is 1.85. The Labute approximate surface area is 196 Å². The molecule has 1 amide bonds. The lowest BCUT2D eigenvalue weighted by Gasteiger charge is -2.31. The van der Waals surface area contributed by atoms with Gasteiger partial charge in [0.15, 0.2) is 5.82 Å². The Morgan fingerprint density at radius 2 is 1.84 bits per heavy atom. The van der Waals surface area contributed by atoms with Crippen molar-refractivity contribution in [2.75, 3.05) is 18.0 Å². The molecule has 0 aliphatic carbocycles. The Morgan fingerprint density at radius 1 is 1.06 bits per heavy atom. The number of carbonyl (C=O) groups excluding carboxylic acids is 1. The van der Waals surface area contributed by atoms with Crippen molar-refractivity contribution < 1.29 is 9.18 Å². The van der Waals surface area contributed by atoms with Crippen LogP contribution >= 0.6 is 23.4 Å². The number of hydrogen-bond donors (Lipinski definition) is 1. The number of aromatic nitrogens is 2. The molecule has 1 aliphatic rings. The van der Waals surface area contributed by atoms with Crippen LogP contribution in [0.4, 0.5) is 10.2 Å². The van der Waals surface area contributed by atoms with Crippen molar-refractivity contribution in [1.82, 2.24) is 15.5 Å². The van der Waals surface area contributed by atoms with Crippen molar-refractivity contribution in [3.05, 3.63) is 82.6 Å². The van der Waals surface area contributed by atoms with Crippen LogP contribution in [0.25, 0.3) is 0 Å². The molecule has 2 heterocycles. The predicted octanol–water partition coefficient (Wildman–Crippen LogP) is 5.09. The van der Waals surface area contributed by atoms with E-state index in [9.17, 15) is 9.18 Å². The van der Waals surface area contributed by atoms with Crippen molar-refractivity contribution in [2.24, 2.45) is 5.92 Å². The van der Waals surface area contributed by atoms with E-state index in [1.54, 1.807) is 23.9 Å². The predicted molar refractivity (Wildman–Crippen MR) is 126 cm³/mol. The molecule has 1 fully saturated rings. The van der Waals surface area contributed by atoms with Crippen molar-refractivity contribution >= 4 is 35.1 Å². The summed E-state index contributed by atoms with van der Waals surface area (Å²) >= 11 is 7.47. The van der Waals surface area contributed by atoms with Gasteiger partial charge in [-0.15, -0.1) is 10.2 Å². The summed E-state index contributed by atoms with van der Waals surface area (Å²) in [5.74, 6) is 1.22. The molecule has 0 saturated carbocycles. The van der Waals surface area contributed by atoms with E-state index in [0.717, 1.165) is 48.1 Å². The highest BCUT2D eigenvalue weighted by atomic mass is 35.5. The average molecular weight is 471 g/mol. The minimum atomic E-state index is -0.458. The number of piperidine rings is 1. The highest BCUT2D eigenvalue weighted by Gasteiger charge is 2.25. The largest absolute Gasteiger partial charge is 0.355 e. The van der Waals surface area contributed by atoms with E-state index in [1.165, 1.54) is 11.6 Å². The van der Waals surface area contributed by atoms with Crippen LogP contribution in [0.3, 0.4) is 0 Å². The molecule has 0 bridgehead atoms. The molecule has 0 atom stereocenters. The summed E-state index contributed by atoms with van der Waals surface area (Å²) in [6, 6.07) is 18.8. The highest BCUT2D eigenvalue weighted by Crippen LogP contribution is 2.25. The first-order valence-corrected chi connectivity index (χ1v) is 11.9. The van der Waals surface area contributed by atoms with E-state index in [4.69, 9.17) is 11.6 Å². The first-order chi connectivity index (χ1) is 15.6. The van der Waals surface area contributed by atoms with Gasteiger partial charge in [0, 0.05) is 31.3 Å². The van der Waals surface area contributed by atoms with Crippen LogP contribution in [0, 0.1) is 11.7 Å². The standard InChI is InChI=1S/C24H24ClFN4OS/c25-20-14-18(6-7-21(20)26)15-27-24(31)19-10-12-30(13-11-19)22-8-9-23(29-28-22)32-16-17-4-2-1-3-5-17/h1-9,14,19H,10-13,15-16H2,(H,27,31). The number of hydrogen-bond acceptors (Lipinski definition) is 5. The lowest BCUT2D eigenvalue weighted by Crippen LogP contribution is -2.40. The van der Waals surface area contributed by atoms with Gasteiger partial charge in [-0.3, -0.25) is 4.79 Å². The van der Waals surface area contributed by atoms with Crippen molar-refractivity contribution in [2.45, 2.75) is 30.2 Å². The van der Waals surface area contributed by atoms with Crippen LogP contribution in [0.1, 0.15) is 24.0 Å². The smallest absolute Gasteiger partial charge is 0.223 e. The lowest BCUT2D eigenvalue weighted by molar-refractivity contribution is -0.125. The molecule has 2 aromatic carbocycles. The molecule has 5 nitrogen and oxygen atoms in total. The monoisotopic (exact) mass is 470 g/mol. The van der Waals surface area contributed by atoms with Crippen LogP contribution in [-0.4, -0.2) is 29.2 Å². The molecule has 166 valence electrons. The van der Waals surface area contributed by atoms with Crippen LogP contribution < -0.4 is 10.2 Å². The maximum absolute atomic E-state index is 13.3. The van der Waals surface area contributed by atoms with Gasteiger partial charge >= 0.3 is 0 Å². The molecule has 1 N–H and O–H groups in total. The van der Waals surface area contributed by atoms with Gasteiger partial charge in [0.05, 0.1) is 5.02 Å². The molecular formula is C24H24ClFN4OS. The van der Waals surface area contributed by atoms with E-state index < -0.39 is 5.82 Å². The van der Waals surface area contributed by atoms with E-state index >= 15 is 0 Å². The maximum Gasteiger partial charge on any atom is 0.223 e. The summed E-state index contributed by atoms with van der Waals surface area (Å²) in [6.07, 6.45) is 1.50. The topological polar surface area (TPSA) is 58.1 Å². The molecule has 3 aromatic rings. The zero-order chi connectivity index (χ0) is 22.3. The van der Waals surface area contributed by atoms with Crippen LogP contribution in [0.2, 0.25) is 5.02 Å². The average Bonchev–Trinajstić information content (AvgIpc) is 2.84. The Balaban J connectivity index is 1.23. The number of carbonyl (C=O) groups is 1. The van der Waals surface area contributed by atoms with E-state index in [-0.39, 0.29) is 16.8 Å². The highest BCUT2D eigenvalue weighted by molar-refractivity contribution is 7.98. The van der Waals surface area contributed by atoms with E-state index in [2.05, 4.69) is 32.5 Å². The first kappa shape index (κ1) is 22.6. The van der Waals surface area contributed by atoms with Gasteiger partial charge in [-0.25, -0.2) is 4.39 Å². The summed E-state index contributed by atoms with van der Waals surface area (Å²) in [5.41, 5.74) is 2.04. The van der Waals surface area contributed by atoms with Gasteiger partial charge in [-0.05, 0) is 48.2 Å². The van der Waals surface area contributed by atoms with Crippen LogP contribution in [-0.2, 0) is 17.1 Å². The van der Waals surface area contributed by atoms with Gasteiger partial charge in [0.1, 0.15) is 10.8 Å². The zero-order valence-electron chi connectivity index (χ0n) is 17.5. The van der Waals surface area contributed by atoms with Crippen molar-refractivity contribution in [1.29, 1.82) is 0 Å². The number of benzene rings is 2. The Kier molecular flexibility index (Phi) is 7.60. The minimum Gasteiger partial charge on any atom is -0.355 e. The Morgan fingerprint density at radius 3 is 2.53 bits per heavy atom. The molecule has 0 spiro atoms. The maximum atomic E-state index is 13.3. The Hall–Kier alpha value is -2.64. The second-order valence-corrected chi connectivity index (χ2v) is 9.13. The third-order valence-corrected chi connectivity index (χ3v) is 6.78. The summed E-state index contributed by atoms with van der Waals surface area (Å²) in [5, 5.41) is 12.6. The number of rotatable bonds is 7. The Bertz CT molecular complexity index is 1040. The second-order valence-electron chi connectivity index (χ2n) is 7.73. The molecule has 1 saturated heterocycles. The summed E-state index contributed by atoms with van der Waals surface area (Å²) in [4.78, 5) is 14.7. The van der Waals surface area contributed by atoms with Gasteiger partial charge in [-0.2, -0.15) is 0 Å². The first-order valence-electron chi connectivity index (χ1n) is 10.6. The molecule has 0 unspecified atom stereocenters. The number of nitrogens with zero attached hydrogens (tertiary/aromatic N) is 3. The van der Waals surface area contributed by atoms with E-state index in [0.29, 0.717) is 6.54 Å². The lowest BCUT2D eigenvalue weighted by atomic mass is 9.96. The number of halogens is 2. The van der Waals surface area contributed by atoms with Crippen molar-refractivity contribution in [3.8, 4) is 0 Å². The van der Waals surface area contributed by atoms with E-state index in [1.807, 2.05) is 30.3 Å². The quantitative estimate of drug-likeness (QED) is 0.487. The fourth-order valence-electron chi connectivity index (χ4n) is 3.64. The molecule has 4 rings (SSSR count). The number of anilines is 1. The van der Waals surface area contributed by atoms with Crippen molar-refractivity contribution in [3.63, 3.8) is 0 Å². The van der Waals surface area contributed by atoms with Gasteiger partial charge in [-0.1, -0.05) is 59.8 Å². The van der Waals surface area contributed by atoms with Gasteiger partial charge < -0.3 is 10.2 Å². The third-order valence-electron chi connectivity index (χ3n) is 5.50. The van der Waals surface area contributed by atoms with Crippen LogP contribution in [0.15, 0.2) is 65.7 Å².